The van der Waals surface area contributed by atoms with Crippen LogP contribution in [0.15, 0.2) is 22.9 Å². The lowest BCUT2D eigenvalue weighted by molar-refractivity contribution is -0.134. The summed E-state index contributed by atoms with van der Waals surface area (Å²) in [6.07, 6.45) is 3.70. The summed E-state index contributed by atoms with van der Waals surface area (Å²) in [5, 5.41) is 0. The second kappa shape index (κ2) is 5.52. The maximum atomic E-state index is 12.4. The third-order valence-corrected chi connectivity index (χ3v) is 4.43. The molecule has 0 radical (unpaired) electrons. The number of aromatic nitrogens is 1. The van der Waals surface area contributed by atoms with Gasteiger partial charge in [-0.3, -0.25) is 9.59 Å². The second-order valence-corrected chi connectivity index (χ2v) is 5.98. The molecule has 0 atom stereocenters. The zero-order valence-corrected chi connectivity index (χ0v) is 12.7. The van der Waals surface area contributed by atoms with Crippen LogP contribution in [0, 0.1) is 5.92 Å². The number of carbonyl (C=O) groups excluding carboxylic acids is 2. The van der Waals surface area contributed by atoms with Crippen molar-refractivity contribution in [2.24, 2.45) is 5.92 Å². The molecular weight excluding hydrogens is 322 g/mol. The largest absolute Gasteiger partial charge is 0.339 e. The first-order chi connectivity index (χ1) is 9.66. The summed E-state index contributed by atoms with van der Waals surface area (Å²) in [5.74, 6) is 0.493. The minimum Gasteiger partial charge on any atom is -0.339 e. The first-order valence-electron chi connectivity index (χ1n) is 6.85. The van der Waals surface area contributed by atoms with Crippen LogP contribution in [0.25, 0.3) is 0 Å². The average molecular weight is 338 g/mol. The SMILES string of the molecule is O=C(c1cccnc1Br)N1CCN(C(=O)C2CC2)CC1. The Balaban J connectivity index is 1.61. The van der Waals surface area contributed by atoms with Crippen molar-refractivity contribution in [2.75, 3.05) is 26.2 Å². The fourth-order valence-electron chi connectivity index (χ4n) is 2.43. The number of rotatable bonds is 2. The Hall–Kier alpha value is -1.43. The van der Waals surface area contributed by atoms with Crippen LogP contribution in [-0.2, 0) is 4.79 Å². The van der Waals surface area contributed by atoms with Gasteiger partial charge in [0.25, 0.3) is 5.91 Å². The van der Waals surface area contributed by atoms with Gasteiger partial charge in [0.1, 0.15) is 4.60 Å². The quantitative estimate of drug-likeness (QED) is 0.769. The normalized spacial score (nSPS) is 19.1. The van der Waals surface area contributed by atoms with E-state index in [2.05, 4.69) is 20.9 Å². The van der Waals surface area contributed by atoms with Gasteiger partial charge in [0.15, 0.2) is 0 Å². The van der Waals surface area contributed by atoms with Gasteiger partial charge in [-0.1, -0.05) is 0 Å². The summed E-state index contributed by atoms with van der Waals surface area (Å²) in [6.45, 7) is 2.47. The third kappa shape index (κ3) is 2.70. The average Bonchev–Trinajstić information content (AvgIpc) is 3.31. The van der Waals surface area contributed by atoms with Crippen molar-refractivity contribution in [1.29, 1.82) is 0 Å². The molecule has 106 valence electrons. The molecule has 0 spiro atoms. The van der Waals surface area contributed by atoms with Crippen LogP contribution in [0.1, 0.15) is 23.2 Å². The molecule has 3 rings (SSSR count). The molecular formula is C14H16BrN3O2. The lowest BCUT2D eigenvalue weighted by Crippen LogP contribution is -2.51. The van der Waals surface area contributed by atoms with Gasteiger partial charge in [-0.25, -0.2) is 4.98 Å². The number of hydrogen-bond donors (Lipinski definition) is 0. The summed E-state index contributed by atoms with van der Waals surface area (Å²) in [6, 6.07) is 3.52. The zero-order chi connectivity index (χ0) is 14.1. The van der Waals surface area contributed by atoms with E-state index in [9.17, 15) is 9.59 Å². The zero-order valence-electron chi connectivity index (χ0n) is 11.1. The number of amides is 2. The smallest absolute Gasteiger partial charge is 0.256 e. The van der Waals surface area contributed by atoms with Gasteiger partial charge in [-0.05, 0) is 40.9 Å². The highest BCUT2D eigenvalue weighted by molar-refractivity contribution is 9.10. The monoisotopic (exact) mass is 337 g/mol. The Labute approximate surface area is 126 Å². The van der Waals surface area contributed by atoms with Crippen LogP contribution in [0.4, 0.5) is 0 Å². The van der Waals surface area contributed by atoms with Gasteiger partial charge < -0.3 is 9.80 Å². The molecule has 2 heterocycles. The molecule has 6 heteroatoms. The first kappa shape index (κ1) is 13.5. The molecule has 1 aromatic heterocycles. The Morgan fingerprint density at radius 3 is 2.40 bits per heavy atom. The van der Waals surface area contributed by atoms with E-state index in [-0.39, 0.29) is 17.7 Å². The third-order valence-electron chi connectivity index (χ3n) is 3.79. The molecule has 0 unspecified atom stereocenters. The number of piperazine rings is 1. The van der Waals surface area contributed by atoms with Gasteiger partial charge in [0.05, 0.1) is 5.56 Å². The predicted octanol–water partition coefficient (Wildman–Crippen LogP) is 1.54. The van der Waals surface area contributed by atoms with E-state index in [1.54, 1.807) is 23.2 Å². The van der Waals surface area contributed by atoms with E-state index in [0.29, 0.717) is 36.3 Å². The van der Waals surface area contributed by atoms with E-state index in [1.165, 1.54) is 0 Å². The molecule has 1 saturated carbocycles. The fraction of sp³-hybridized carbons (Fsp3) is 0.500. The molecule has 5 nitrogen and oxygen atoms in total. The van der Waals surface area contributed by atoms with Crippen molar-refractivity contribution in [3.63, 3.8) is 0 Å². The van der Waals surface area contributed by atoms with E-state index >= 15 is 0 Å². The van der Waals surface area contributed by atoms with Crippen LogP contribution in [0.5, 0.6) is 0 Å². The molecule has 2 fully saturated rings. The molecule has 1 aromatic rings. The van der Waals surface area contributed by atoms with Gasteiger partial charge in [0.2, 0.25) is 5.91 Å². The summed E-state index contributed by atoms with van der Waals surface area (Å²) in [7, 11) is 0. The van der Waals surface area contributed by atoms with Crippen molar-refractivity contribution in [1.82, 2.24) is 14.8 Å². The van der Waals surface area contributed by atoms with Gasteiger partial charge >= 0.3 is 0 Å². The van der Waals surface area contributed by atoms with Crippen molar-refractivity contribution >= 4 is 27.7 Å². The molecule has 1 aliphatic carbocycles. The Bertz CT molecular complexity index is 537. The summed E-state index contributed by atoms with van der Waals surface area (Å²) in [5.41, 5.74) is 0.578. The highest BCUT2D eigenvalue weighted by atomic mass is 79.9. The standard InChI is InChI=1S/C14H16BrN3O2/c15-12-11(2-1-5-16-12)14(20)18-8-6-17(7-9-18)13(19)10-3-4-10/h1-2,5,10H,3-4,6-9H2. The summed E-state index contributed by atoms with van der Waals surface area (Å²) < 4.78 is 0.571. The van der Waals surface area contributed by atoms with Crippen molar-refractivity contribution in [3.05, 3.63) is 28.5 Å². The van der Waals surface area contributed by atoms with Gasteiger partial charge in [-0.2, -0.15) is 0 Å². The topological polar surface area (TPSA) is 53.5 Å². The molecule has 0 bridgehead atoms. The molecule has 0 aromatic carbocycles. The van der Waals surface area contributed by atoms with Crippen LogP contribution >= 0.6 is 15.9 Å². The Morgan fingerprint density at radius 1 is 1.15 bits per heavy atom. The van der Waals surface area contributed by atoms with E-state index in [4.69, 9.17) is 0 Å². The molecule has 2 aliphatic rings. The van der Waals surface area contributed by atoms with Crippen LogP contribution in [0.3, 0.4) is 0 Å². The predicted molar refractivity (Wildman–Crippen MR) is 77.1 cm³/mol. The fourth-order valence-corrected chi connectivity index (χ4v) is 2.85. The number of halogens is 1. The van der Waals surface area contributed by atoms with Crippen LogP contribution in [0.2, 0.25) is 0 Å². The van der Waals surface area contributed by atoms with Gasteiger partial charge in [0, 0.05) is 38.3 Å². The first-order valence-corrected chi connectivity index (χ1v) is 7.64. The van der Waals surface area contributed by atoms with Crippen LogP contribution < -0.4 is 0 Å². The summed E-state index contributed by atoms with van der Waals surface area (Å²) >= 11 is 3.30. The number of pyridine rings is 1. The maximum Gasteiger partial charge on any atom is 0.256 e. The number of nitrogens with zero attached hydrogens (tertiary/aromatic N) is 3. The van der Waals surface area contributed by atoms with Crippen LogP contribution in [-0.4, -0.2) is 52.8 Å². The lowest BCUT2D eigenvalue weighted by atomic mass is 10.2. The minimum absolute atomic E-state index is 0.0245. The molecule has 0 N–H and O–H groups in total. The highest BCUT2D eigenvalue weighted by Crippen LogP contribution is 2.31. The maximum absolute atomic E-state index is 12.4. The molecule has 1 saturated heterocycles. The van der Waals surface area contributed by atoms with Crippen molar-refractivity contribution < 1.29 is 9.59 Å². The van der Waals surface area contributed by atoms with E-state index < -0.39 is 0 Å². The van der Waals surface area contributed by atoms with E-state index in [1.807, 2.05) is 4.90 Å². The Kier molecular flexibility index (Phi) is 3.74. The Morgan fingerprint density at radius 2 is 1.80 bits per heavy atom. The van der Waals surface area contributed by atoms with E-state index in [0.717, 1.165) is 12.8 Å². The van der Waals surface area contributed by atoms with Crippen molar-refractivity contribution in [3.8, 4) is 0 Å². The van der Waals surface area contributed by atoms with Gasteiger partial charge in [-0.15, -0.1) is 0 Å². The minimum atomic E-state index is -0.0245. The lowest BCUT2D eigenvalue weighted by Gasteiger charge is -2.35. The highest BCUT2D eigenvalue weighted by Gasteiger charge is 2.35. The molecule has 2 amide bonds. The summed E-state index contributed by atoms with van der Waals surface area (Å²) in [4.78, 5) is 32.1. The number of carbonyl (C=O) groups is 2. The second-order valence-electron chi connectivity index (χ2n) is 5.23. The van der Waals surface area contributed by atoms with Crippen molar-refractivity contribution in [2.45, 2.75) is 12.8 Å². The number of hydrogen-bond acceptors (Lipinski definition) is 3. The molecule has 1 aliphatic heterocycles. The molecule has 20 heavy (non-hydrogen) atoms.